The highest BCUT2D eigenvalue weighted by molar-refractivity contribution is 9.10. The van der Waals surface area contributed by atoms with Gasteiger partial charge in [-0.05, 0) is 11.5 Å². The molecule has 1 aliphatic rings. The van der Waals surface area contributed by atoms with Crippen LogP contribution in [0.3, 0.4) is 0 Å². The van der Waals surface area contributed by atoms with Gasteiger partial charge in [-0.3, -0.25) is 0 Å². The predicted molar refractivity (Wildman–Crippen MR) is 85.6 cm³/mol. The lowest BCUT2D eigenvalue weighted by atomic mass is 10.0. The van der Waals surface area contributed by atoms with Gasteiger partial charge in [-0.1, -0.05) is 40.2 Å². The molecule has 0 spiro atoms. The lowest BCUT2D eigenvalue weighted by Gasteiger charge is -2.05. The van der Waals surface area contributed by atoms with E-state index in [1.165, 1.54) is 0 Å². The molecule has 2 N–H and O–H groups in total. The van der Waals surface area contributed by atoms with E-state index in [9.17, 15) is 19.8 Å². The van der Waals surface area contributed by atoms with Crippen LogP contribution in [0.15, 0.2) is 34.8 Å². The summed E-state index contributed by atoms with van der Waals surface area (Å²) in [5.41, 5.74) is 1.18. The second-order valence-corrected chi connectivity index (χ2v) is 5.91. The van der Waals surface area contributed by atoms with Gasteiger partial charge in [0.1, 0.15) is 0 Å². The van der Waals surface area contributed by atoms with Crippen LogP contribution in [0.5, 0.6) is 0 Å². The summed E-state index contributed by atoms with van der Waals surface area (Å²) in [6.45, 7) is 0. The predicted octanol–water partition coefficient (Wildman–Crippen LogP) is 3.44. The van der Waals surface area contributed by atoms with E-state index in [4.69, 9.17) is 0 Å². The van der Waals surface area contributed by atoms with Crippen LogP contribution in [0.1, 0.15) is 21.0 Å². The van der Waals surface area contributed by atoms with E-state index in [0.717, 1.165) is 26.4 Å². The first-order valence-corrected chi connectivity index (χ1v) is 7.39. The van der Waals surface area contributed by atoms with E-state index >= 15 is 0 Å². The first kappa shape index (κ1) is 13.8. The highest BCUT2D eigenvalue weighted by Crippen LogP contribution is 2.47. The van der Waals surface area contributed by atoms with Gasteiger partial charge in [0.05, 0.1) is 11.4 Å². The first-order chi connectivity index (χ1) is 11.0. The van der Waals surface area contributed by atoms with Crippen molar-refractivity contribution in [3.05, 3.63) is 46.2 Å². The van der Waals surface area contributed by atoms with E-state index in [1.54, 1.807) is 0 Å². The highest BCUT2D eigenvalue weighted by Gasteiger charge is 2.30. The number of nitrogens with zero attached hydrogens (tertiary/aromatic N) is 2. The number of hydrogen-bond acceptors (Lipinski definition) is 4. The molecular formula is C16H7BrN2O4. The highest BCUT2D eigenvalue weighted by atomic mass is 79.9. The Morgan fingerprint density at radius 3 is 2.00 bits per heavy atom. The van der Waals surface area contributed by atoms with Gasteiger partial charge in [0, 0.05) is 21.0 Å². The fourth-order valence-electron chi connectivity index (χ4n) is 2.87. The zero-order valence-corrected chi connectivity index (χ0v) is 13.0. The van der Waals surface area contributed by atoms with Crippen molar-refractivity contribution in [1.82, 2.24) is 9.97 Å². The summed E-state index contributed by atoms with van der Waals surface area (Å²) in [5.74, 6) is -2.83. The molecule has 0 fully saturated rings. The molecule has 0 aliphatic heterocycles. The Morgan fingerprint density at radius 1 is 0.870 bits per heavy atom. The molecule has 0 saturated carbocycles. The number of fused-ring (bicyclic) bond motifs is 3. The second kappa shape index (κ2) is 4.60. The summed E-state index contributed by atoms with van der Waals surface area (Å²) in [6, 6.07) is 9.26. The third-order valence-corrected chi connectivity index (χ3v) is 4.49. The van der Waals surface area contributed by atoms with Gasteiger partial charge >= 0.3 is 11.9 Å². The van der Waals surface area contributed by atoms with Crippen LogP contribution in [-0.2, 0) is 0 Å². The van der Waals surface area contributed by atoms with Crippen molar-refractivity contribution in [2.24, 2.45) is 0 Å². The Balaban J connectivity index is 2.16. The molecule has 0 unspecified atom stereocenters. The van der Waals surface area contributed by atoms with Crippen LogP contribution in [0, 0.1) is 0 Å². The summed E-state index contributed by atoms with van der Waals surface area (Å²) in [5, 5.41) is 20.3. The minimum Gasteiger partial charge on any atom is -0.476 e. The summed E-state index contributed by atoms with van der Waals surface area (Å²) in [7, 11) is 0. The fourth-order valence-corrected chi connectivity index (χ4v) is 3.34. The molecule has 112 valence electrons. The molecule has 1 heterocycles. The first-order valence-electron chi connectivity index (χ1n) is 6.59. The molecule has 0 saturated heterocycles. The molecule has 7 heteroatoms. The van der Waals surface area contributed by atoms with Crippen molar-refractivity contribution < 1.29 is 19.8 Å². The maximum atomic E-state index is 11.3. The van der Waals surface area contributed by atoms with E-state index in [1.807, 2.05) is 30.3 Å². The van der Waals surface area contributed by atoms with Gasteiger partial charge < -0.3 is 10.2 Å². The molecular weight excluding hydrogens is 364 g/mol. The third kappa shape index (κ3) is 1.80. The zero-order valence-electron chi connectivity index (χ0n) is 11.4. The number of carboxylic acid groups (broad SMARTS) is 2. The van der Waals surface area contributed by atoms with Crippen LogP contribution in [0.2, 0.25) is 0 Å². The topological polar surface area (TPSA) is 100 Å². The molecule has 6 nitrogen and oxygen atoms in total. The number of hydrogen-bond donors (Lipinski definition) is 2. The maximum Gasteiger partial charge on any atom is 0.357 e. The van der Waals surface area contributed by atoms with Crippen molar-refractivity contribution in [1.29, 1.82) is 0 Å². The minimum absolute atomic E-state index is 0.395. The molecule has 23 heavy (non-hydrogen) atoms. The largest absolute Gasteiger partial charge is 0.476 e. The molecule has 0 radical (unpaired) electrons. The van der Waals surface area contributed by atoms with E-state index < -0.39 is 23.3 Å². The van der Waals surface area contributed by atoms with E-state index in [-0.39, 0.29) is 0 Å². The lowest BCUT2D eigenvalue weighted by molar-refractivity contribution is 0.0641. The van der Waals surface area contributed by atoms with Gasteiger partial charge in [0.15, 0.2) is 11.4 Å². The Hall–Kier alpha value is -2.80. The number of halogens is 1. The van der Waals surface area contributed by atoms with Crippen LogP contribution in [0.25, 0.3) is 33.3 Å². The van der Waals surface area contributed by atoms with Crippen LogP contribution in [-0.4, -0.2) is 32.1 Å². The average Bonchev–Trinajstić information content (AvgIpc) is 2.84. The van der Waals surface area contributed by atoms with Gasteiger partial charge in [-0.25, -0.2) is 19.6 Å². The fraction of sp³-hybridized carbons (Fsp3) is 0. The number of benzene rings is 2. The van der Waals surface area contributed by atoms with Crippen molar-refractivity contribution in [3.8, 4) is 22.5 Å². The van der Waals surface area contributed by atoms with E-state index in [2.05, 4.69) is 25.9 Å². The number of aromatic nitrogens is 2. The molecule has 4 rings (SSSR count). The quantitative estimate of drug-likeness (QED) is 0.560. The Labute approximate surface area is 137 Å². The summed E-state index contributed by atoms with van der Waals surface area (Å²) < 4.78 is 0.892. The maximum absolute atomic E-state index is 11.3. The van der Waals surface area contributed by atoms with Gasteiger partial charge in [-0.2, -0.15) is 0 Å². The average molecular weight is 371 g/mol. The lowest BCUT2D eigenvalue weighted by Crippen LogP contribution is -2.14. The second-order valence-electron chi connectivity index (χ2n) is 5.05. The molecule has 1 aliphatic carbocycles. The molecule has 1 aromatic heterocycles. The van der Waals surface area contributed by atoms with Crippen molar-refractivity contribution in [3.63, 3.8) is 0 Å². The van der Waals surface area contributed by atoms with Crippen molar-refractivity contribution >= 4 is 38.6 Å². The van der Waals surface area contributed by atoms with Crippen LogP contribution in [0.4, 0.5) is 0 Å². The van der Waals surface area contributed by atoms with Crippen molar-refractivity contribution in [2.75, 3.05) is 0 Å². The number of carbonyl (C=O) groups is 2. The Kier molecular flexibility index (Phi) is 2.76. The standard InChI is InChI=1S/C16H7BrN2O4/c17-9-5-4-8-10-6(9)2-1-3-7(10)11-12(8)19-14(16(22)23)13(18-11)15(20)21/h1-5H,(H,20,21)(H,22,23). The summed E-state index contributed by atoms with van der Waals surface area (Å²) in [4.78, 5) is 30.8. The Morgan fingerprint density at radius 2 is 1.43 bits per heavy atom. The van der Waals surface area contributed by atoms with Gasteiger partial charge in [-0.15, -0.1) is 0 Å². The Bertz CT molecular complexity index is 999. The van der Waals surface area contributed by atoms with Gasteiger partial charge in [0.25, 0.3) is 0 Å². The number of aromatic carboxylic acids is 2. The van der Waals surface area contributed by atoms with Crippen molar-refractivity contribution in [2.45, 2.75) is 0 Å². The molecule has 0 atom stereocenters. The normalized spacial score (nSPS) is 11.5. The monoisotopic (exact) mass is 370 g/mol. The molecule has 2 aromatic carbocycles. The van der Waals surface area contributed by atoms with Crippen LogP contribution < -0.4 is 0 Å². The smallest absolute Gasteiger partial charge is 0.357 e. The molecule has 0 amide bonds. The van der Waals surface area contributed by atoms with Crippen LogP contribution >= 0.6 is 15.9 Å². The minimum atomic E-state index is -1.41. The molecule has 3 aromatic rings. The molecule has 0 bridgehead atoms. The zero-order chi connectivity index (χ0) is 16.3. The number of carboxylic acids is 2. The van der Waals surface area contributed by atoms with Gasteiger partial charge in [0.2, 0.25) is 0 Å². The SMILES string of the molecule is O=C(O)c1nc2c(nc1C(=O)O)-c1ccc(Br)c3cccc-2c13. The number of rotatable bonds is 2. The summed E-state index contributed by atoms with van der Waals surface area (Å²) >= 11 is 3.48. The third-order valence-electron chi connectivity index (χ3n) is 3.80. The van der Waals surface area contributed by atoms with E-state index in [0.29, 0.717) is 11.4 Å². The summed E-state index contributed by atoms with van der Waals surface area (Å²) in [6.07, 6.45) is 0.